The monoisotopic (exact) mass is 422 g/mol. The van der Waals surface area contributed by atoms with E-state index < -0.39 is 11.7 Å². The molecule has 0 radical (unpaired) electrons. The van der Waals surface area contributed by atoms with Gasteiger partial charge in [0, 0.05) is 31.4 Å². The van der Waals surface area contributed by atoms with Crippen molar-refractivity contribution in [3.05, 3.63) is 47.7 Å². The number of fused-ring (bicyclic) bond motifs is 1. The number of aromatic nitrogens is 1. The van der Waals surface area contributed by atoms with Gasteiger partial charge in [-0.05, 0) is 54.4 Å². The van der Waals surface area contributed by atoms with Crippen LogP contribution in [-0.2, 0) is 10.2 Å². The average molecular weight is 422 g/mol. The molecule has 0 bridgehead atoms. The van der Waals surface area contributed by atoms with E-state index in [1.807, 2.05) is 18.2 Å². The van der Waals surface area contributed by atoms with Crippen molar-refractivity contribution in [1.29, 1.82) is 0 Å². The first-order valence-electron chi connectivity index (χ1n) is 9.23. The van der Waals surface area contributed by atoms with Gasteiger partial charge in [0.1, 0.15) is 5.03 Å². The first-order chi connectivity index (χ1) is 14.1. The summed E-state index contributed by atoms with van der Waals surface area (Å²) in [7, 11) is 0. The van der Waals surface area contributed by atoms with Gasteiger partial charge in [-0.2, -0.15) is 8.78 Å². The Bertz CT molecular complexity index is 891. The molecule has 0 aliphatic carbocycles. The standard InChI is InChI=1S/C20H20F2N2O4S/c21-19(22)29-18-14(2-1-7-23-18)17(25)24-11-20(5-8-26-9-6-20)13-3-4-15-16(10-13)28-12-27-15/h1-4,7,10,19H,5-6,8-9,11-12H2,(H,24,25). The number of benzene rings is 1. The Labute approximate surface area is 170 Å². The molecule has 2 aromatic rings. The van der Waals surface area contributed by atoms with Crippen LogP contribution in [-0.4, -0.2) is 43.2 Å². The Morgan fingerprint density at radius 3 is 2.79 bits per heavy atom. The Balaban J connectivity index is 1.55. The molecule has 0 spiro atoms. The highest BCUT2D eigenvalue weighted by atomic mass is 32.2. The molecule has 1 fully saturated rings. The topological polar surface area (TPSA) is 69.7 Å². The van der Waals surface area contributed by atoms with Crippen LogP contribution in [0.1, 0.15) is 28.8 Å². The van der Waals surface area contributed by atoms with Gasteiger partial charge in [-0.15, -0.1) is 0 Å². The van der Waals surface area contributed by atoms with Gasteiger partial charge < -0.3 is 19.5 Å². The fourth-order valence-corrected chi connectivity index (χ4v) is 4.22. The molecule has 1 amide bonds. The summed E-state index contributed by atoms with van der Waals surface area (Å²) in [5, 5.41) is 2.94. The van der Waals surface area contributed by atoms with E-state index in [1.165, 1.54) is 12.3 Å². The first kappa shape index (κ1) is 19.9. The van der Waals surface area contributed by atoms with Gasteiger partial charge in [0.25, 0.3) is 11.7 Å². The van der Waals surface area contributed by atoms with E-state index in [-0.39, 0.29) is 34.6 Å². The highest BCUT2D eigenvalue weighted by molar-refractivity contribution is 7.99. The molecule has 6 nitrogen and oxygen atoms in total. The molecule has 2 aliphatic rings. The number of thioether (sulfide) groups is 1. The molecule has 1 N–H and O–H groups in total. The Kier molecular flexibility index (Phi) is 5.86. The Hall–Kier alpha value is -2.39. The van der Waals surface area contributed by atoms with Crippen LogP contribution in [0.2, 0.25) is 0 Å². The predicted octanol–water partition coefficient (Wildman–Crippen LogP) is 3.60. The number of alkyl halides is 2. The third-order valence-electron chi connectivity index (χ3n) is 5.24. The molecule has 1 aromatic carbocycles. The minimum absolute atomic E-state index is 0.0177. The van der Waals surface area contributed by atoms with E-state index in [0.717, 1.165) is 18.4 Å². The van der Waals surface area contributed by atoms with Crippen molar-refractivity contribution in [3.63, 3.8) is 0 Å². The third-order valence-corrected chi connectivity index (χ3v) is 5.97. The number of nitrogens with zero attached hydrogens (tertiary/aromatic N) is 1. The van der Waals surface area contributed by atoms with E-state index in [2.05, 4.69) is 10.3 Å². The molecule has 0 saturated carbocycles. The lowest BCUT2D eigenvalue weighted by molar-refractivity contribution is 0.0486. The fourth-order valence-electron chi connectivity index (χ4n) is 3.64. The SMILES string of the molecule is O=C(NCC1(c2ccc3c(c2)OCO3)CCOCC1)c1cccnc1SC(F)F. The molecule has 9 heteroatoms. The van der Waals surface area contributed by atoms with Crippen LogP contribution in [0.4, 0.5) is 8.78 Å². The lowest BCUT2D eigenvalue weighted by atomic mass is 9.74. The molecule has 2 aliphatic heterocycles. The Morgan fingerprint density at radius 1 is 1.21 bits per heavy atom. The van der Waals surface area contributed by atoms with Crippen molar-refractivity contribution in [2.24, 2.45) is 0 Å². The molecule has 154 valence electrons. The predicted molar refractivity (Wildman–Crippen MR) is 103 cm³/mol. The van der Waals surface area contributed by atoms with Crippen LogP contribution in [0.5, 0.6) is 11.5 Å². The number of rotatable bonds is 6. The number of carbonyl (C=O) groups is 1. The number of pyridine rings is 1. The zero-order valence-electron chi connectivity index (χ0n) is 15.5. The summed E-state index contributed by atoms with van der Waals surface area (Å²) >= 11 is 0.268. The molecule has 1 aromatic heterocycles. The van der Waals surface area contributed by atoms with E-state index >= 15 is 0 Å². The number of hydrogen-bond donors (Lipinski definition) is 1. The molecular weight excluding hydrogens is 402 g/mol. The third kappa shape index (κ3) is 4.30. The van der Waals surface area contributed by atoms with Gasteiger partial charge in [-0.25, -0.2) is 4.98 Å². The molecule has 1 saturated heterocycles. The number of hydrogen-bond acceptors (Lipinski definition) is 6. The van der Waals surface area contributed by atoms with Crippen LogP contribution in [0.25, 0.3) is 0 Å². The maximum Gasteiger partial charge on any atom is 0.290 e. The van der Waals surface area contributed by atoms with Crippen molar-refractivity contribution in [3.8, 4) is 11.5 Å². The lowest BCUT2D eigenvalue weighted by Gasteiger charge is -2.38. The summed E-state index contributed by atoms with van der Waals surface area (Å²) in [6.07, 6.45) is 2.84. The summed E-state index contributed by atoms with van der Waals surface area (Å²) in [4.78, 5) is 16.7. The van der Waals surface area contributed by atoms with Gasteiger partial charge in [-0.3, -0.25) is 4.79 Å². The zero-order valence-corrected chi connectivity index (χ0v) is 16.3. The van der Waals surface area contributed by atoms with Crippen molar-refractivity contribution in [1.82, 2.24) is 10.3 Å². The zero-order chi connectivity index (χ0) is 20.3. The smallest absolute Gasteiger partial charge is 0.290 e. The highest BCUT2D eigenvalue weighted by Crippen LogP contribution is 2.40. The van der Waals surface area contributed by atoms with Crippen molar-refractivity contribution in [2.45, 2.75) is 29.0 Å². The Morgan fingerprint density at radius 2 is 2.00 bits per heavy atom. The van der Waals surface area contributed by atoms with Gasteiger partial charge in [0.05, 0.1) is 5.56 Å². The second-order valence-corrected chi connectivity index (χ2v) is 7.86. The van der Waals surface area contributed by atoms with E-state index in [9.17, 15) is 13.6 Å². The molecule has 0 unspecified atom stereocenters. The normalized spacial score (nSPS) is 17.3. The van der Waals surface area contributed by atoms with E-state index in [4.69, 9.17) is 14.2 Å². The molecule has 4 rings (SSSR count). The summed E-state index contributed by atoms with van der Waals surface area (Å²) in [6, 6.07) is 8.86. The largest absolute Gasteiger partial charge is 0.454 e. The van der Waals surface area contributed by atoms with Crippen LogP contribution in [0.3, 0.4) is 0 Å². The summed E-state index contributed by atoms with van der Waals surface area (Å²) in [5.74, 6) is -1.69. The molecule has 3 heterocycles. The van der Waals surface area contributed by atoms with Crippen molar-refractivity contribution >= 4 is 17.7 Å². The molecule has 0 atom stereocenters. The first-order valence-corrected chi connectivity index (χ1v) is 10.1. The highest BCUT2D eigenvalue weighted by Gasteiger charge is 2.36. The van der Waals surface area contributed by atoms with Crippen LogP contribution in [0.15, 0.2) is 41.6 Å². The minimum Gasteiger partial charge on any atom is -0.454 e. The number of halogens is 2. The van der Waals surface area contributed by atoms with Crippen molar-refractivity contribution < 1.29 is 27.8 Å². The lowest BCUT2D eigenvalue weighted by Crippen LogP contribution is -2.44. The number of nitrogens with one attached hydrogen (secondary N) is 1. The van der Waals surface area contributed by atoms with Crippen molar-refractivity contribution in [2.75, 3.05) is 26.6 Å². The van der Waals surface area contributed by atoms with Crippen LogP contribution in [0, 0.1) is 0 Å². The van der Waals surface area contributed by atoms with E-state index in [1.54, 1.807) is 6.07 Å². The number of carbonyl (C=O) groups excluding carboxylic acids is 1. The maximum atomic E-state index is 12.8. The minimum atomic E-state index is -2.65. The fraction of sp³-hybridized carbons (Fsp3) is 0.400. The quantitative estimate of drug-likeness (QED) is 0.718. The van der Waals surface area contributed by atoms with Gasteiger partial charge in [0.2, 0.25) is 6.79 Å². The van der Waals surface area contributed by atoms with Gasteiger partial charge in [-0.1, -0.05) is 6.07 Å². The van der Waals surface area contributed by atoms with Gasteiger partial charge >= 0.3 is 0 Å². The molecular formula is C20H20F2N2O4S. The summed E-state index contributed by atoms with van der Waals surface area (Å²) in [6.45, 7) is 1.69. The number of ether oxygens (including phenoxy) is 3. The maximum absolute atomic E-state index is 12.8. The summed E-state index contributed by atoms with van der Waals surface area (Å²) < 4.78 is 42.0. The van der Waals surface area contributed by atoms with Crippen LogP contribution < -0.4 is 14.8 Å². The number of amides is 1. The second kappa shape index (κ2) is 8.54. The second-order valence-electron chi connectivity index (χ2n) is 6.88. The van der Waals surface area contributed by atoms with E-state index in [0.29, 0.717) is 31.3 Å². The van der Waals surface area contributed by atoms with Crippen LogP contribution >= 0.6 is 11.8 Å². The summed E-state index contributed by atoms with van der Waals surface area (Å²) in [5.41, 5.74) is 0.831. The molecule has 29 heavy (non-hydrogen) atoms. The average Bonchev–Trinajstić information content (AvgIpc) is 3.21. The van der Waals surface area contributed by atoms with Gasteiger partial charge in [0.15, 0.2) is 11.5 Å².